The van der Waals surface area contributed by atoms with Crippen molar-refractivity contribution in [1.82, 2.24) is 0 Å². The highest BCUT2D eigenvalue weighted by Crippen LogP contribution is 2.58. The van der Waals surface area contributed by atoms with Gasteiger partial charge in [0.25, 0.3) is 0 Å². The van der Waals surface area contributed by atoms with Crippen LogP contribution < -0.4 is 0 Å². The Morgan fingerprint density at radius 1 is 0.930 bits per heavy atom. The van der Waals surface area contributed by atoms with Gasteiger partial charge in [-0.1, -0.05) is 149 Å². The maximum Gasteiger partial charge on any atom is 0.0124 e. The van der Waals surface area contributed by atoms with E-state index in [0.717, 1.165) is 37.7 Å². The second-order valence-electron chi connectivity index (χ2n) is 13.1. The average molecular weight is 563 g/mol. The number of rotatable bonds is 8. The van der Waals surface area contributed by atoms with E-state index in [-0.39, 0.29) is 0 Å². The predicted octanol–water partition coefficient (Wildman–Crippen LogP) is 12.0. The molecule has 0 N–H and O–H groups in total. The normalized spacial score (nSPS) is 24.1. The van der Waals surface area contributed by atoms with Crippen molar-refractivity contribution in [2.24, 2.45) is 17.8 Å². The van der Waals surface area contributed by atoms with E-state index in [2.05, 4.69) is 119 Å². The van der Waals surface area contributed by atoms with Crippen molar-refractivity contribution in [1.29, 1.82) is 0 Å². The van der Waals surface area contributed by atoms with Gasteiger partial charge >= 0.3 is 0 Å². The number of hydrogen-bond acceptors (Lipinski definition) is 0. The summed E-state index contributed by atoms with van der Waals surface area (Å²) in [4.78, 5) is 0. The number of benzene rings is 3. The molecule has 0 bridgehead atoms. The molecule has 3 aromatic rings. The third-order valence-electron chi connectivity index (χ3n) is 10.2. The molecular formula is C43H46. The Balaban J connectivity index is 1.36. The highest BCUT2D eigenvalue weighted by molar-refractivity contribution is 5.88. The van der Waals surface area contributed by atoms with Crippen LogP contribution >= 0.6 is 0 Å². The molecule has 1 saturated carbocycles. The largest absolute Gasteiger partial charge is 0.0995 e. The Hall–Kier alpha value is -3.90. The van der Waals surface area contributed by atoms with Gasteiger partial charge in [0.15, 0.2) is 0 Å². The molecule has 0 saturated heterocycles. The molecule has 0 heterocycles. The van der Waals surface area contributed by atoms with Crippen molar-refractivity contribution in [2.45, 2.75) is 65.7 Å². The number of allylic oxidation sites excluding steroid dienone is 11. The quantitative estimate of drug-likeness (QED) is 0.240. The summed E-state index contributed by atoms with van der Waals surface area (Å²) >= 11 is 0. The van der Waals surface area contributed by atoms with Crippen LogP contribution in [0.5, 0.6) is 0 Å². The second kappa shape index (κ2) is 12.0. The fourth-order valence-corrected chi connectivity index (χ4v) is 8.13. The van der Waals surface area contributed by atoms with E-state index >= 15 is 0 Å². The summed E-state index contributed by atoms with van der Waals surface area (Å²) < 4.78 is 0. The first kappa shape index (κ1) is 29.2. The molecule has 0 nitrogen and oxygen atoms in total. The van der Waals surface area contributed by atoms with Gasteiger partial charge in [0.2, 0.25) is 0 Å². The van der Waals surface area contributed by atoms with Crippen LogP contribution in [0.4, 0.5) is 0 Å². The van der Waals surface area contributed by atoms with Gasteiger partial charge in [-0.3, -0.25) is 0 Å². The van der Waals surface area contributed by atoms with Crippen molar-refractivity contribution in [2.75, 3.05) is 0 Å². The second-order valence-corrected chi connectivity index (χ2v) is 13.1. The molecule has 3 aliphatic rings. The zero-order valence-corrected chi connectivity index (χ0v) is 26.5. The molecule has 3 aliphatic carbocycles. The van der Waals surface area contributed by atoms with Crippen LogP contribution in [-0.2, 0) is 6.42 Å². The van der Waals surface area contributed by atoms with Crippen molar-refractivity contribution >= 4 is 21.9 Å². The summed E-state index contributed by atoms with van der Waals surface area (Å²) in [5.41, 5.74) is 15.1. The molecule has 43 heavy (non-hydrogen) atoms. The van der Waals surface area contributed by atoms with E-state index in [4.69, 9.17) is 13.2 Å². The summed E-state index contributed by atoms with van der Waals surface area (Å²) in [7, 11) is 0. The first-order valence-corrected chi connectivity index (χ1v) is 16.2. The molecule has 218 valence electrons. The van der Waals surface area contributed by atoms with Crippen molar-refractivity contribution in [3.8, 4) is 0 Å². The Kier molecular flexibility index (Phi) is 8.15. The highest BCUT2D eigenvalue weighted by Gasteiger charge is 2.46. The minimum absolute atomic E-state index is 0.321. The van der Waals surface area contributed by atoms with Gasteiger partial charge in [-0.2, -0.15) is 0 Å². The zero-order valence-electron chi connectivity index (χ0n) is 26.5. The smallest absolute Gasteiger partial charge is 0.0124 e. The molecule has 1 fully saturated rings. The maximum atomic E-state index is 4.85. The van der Waals surface area contributed by atoms with Crippen LogP contribution in [0.25, 0.3) is 21.9 Å². The van der Waals surface area contributed by atoms with Gasteiger partial charge < -0.3 is 0 Å². The van der Waals surface area contributed by atoms with Crippen LogP contribution in [0.15, 0.2) is 133 Å². The molecule has 0 aromatic heterocycles. The van der Waals surface area contributed by atoms with E-state index < -0.39 is 0 Å². The van der Waals surface area contributed by atoms with E-state index in [1.807, 2.05) is 0 Å². The molecule has 0 spiro atoms. The predicted molar refractivity (Wildman–Crippen MR) is 188 cm³/mol. The molecule has 6 rings (SSSR count). The lowest BCUT2D eigenvalue weighted by Crippen LogP contribution is -2.32. The summed E-state index contributed by atoms with van der Waals surface area (Å²) in [6, 6.07) is 22.5. The average Bonchev–Trinajstić information content (AvgIpc) is 3.60. The lowest BCUT2D eigenvalue weighted by molar-refractivity contribution is 0.323. The van der Waals surface area contributed by atoms with Gasteiger partial charge in [0.1, 0.15) is 0 Å². The van der Waals surface area contributed by atoms with E-state index in [1.165, 1.54) is 60.9 Å². The number of hydrogen-bond donors (Lipinski definition) is 0. The fraction of sp³-hybridized carbons (Fsp3) is 0.302. The van der Waals surface area contributed by atoms with Crippen molar-refractivity contribution < 1.29 is 0 Å². The fourth-order valence-electron chi connectivity index (χ4n) is 8.13. The van der Waals surface area contributed by atoms with Gasteiger partial charge in [0.05, 0.1) is 0 Å². The lowest BCUT2D eigenvalue weighted by atomic mass is 9.61. The van der Waals surface area contributed by atoms with E-state index in [0.29, 0.717) is 23.7 Å². The Morgan fingerprint density at radius 2 is 1.70 bits per heavy atom. The molecule has 4 atom stereocenters. The van der Waals surface area contributed by atoms with Gasteiger partial charge in [0, 0.05) is 11.8 Å². The van der Waals surface area contributed by atoms with E-state index in [9.17, 15) is 0 Å². The SMILES string of the molecule is C=C(C)c1ccc(C2=CC=C(/C=C3/CC4=CC(C)C(C(=C)CCC)C(c5c(CC)ccc6ccccc56)C4C3=C)C2)cc1. The molecule has 0 radical (unpaired) electrons. The topological polar surface area (TPSA) is 0 Å². The lowest BCUT2D eigenvalue weighted by Gasteiger charge is -2.43. The first-order chi connectivity index (χ1) is 20.8. The molecule has 4 unspecified atom stereocenters. The third-order valence-corrected chi connectivity index (χ3v) is 10.2. The molecule has 0 aliphatic heterocycles. The molecule has 0 amide bonds. The monoisotopic (exact) mass is 562 g/mol. The Labute approximate surface area is 259 Å². The van der Waals surface area contributed by atoms with Crippen molar-refractivity contribution in [3.63, 3.8) is 0 Å². The minimum atomic E-state index is 0.321. The molecule has 0 heteroatoms. The van der Waals surface area contributed by atoms with Gasteiger partial charge in [-0.05, 0) is 99.8 Å². The van der Waals surface area contributed by atoms with Crippen LogP contribution in [0.2, 0.25) is 0 Å². The van der Waals surface area contributed by atoms with Crippen LogP contribution in [0, 0.1) is 17.8 Å². The molecular weight excluding hydrogens is 516 g/mol. The summed E-state index contributed by atoms with van der Waals surface area (Å²) in [6.07, 6.45) is 14.9. The summed E-state index contributed by atoms with van der Waals surface area (Å²) in [6.45, 7) is 22.8. The zero-order chi connectivity index (χ0) is 30.2. The highest BCUT2D eigenvalue weighted by atomic mass is 14.5. The molecule has 3 aromatic carbocycles. The number of aryl methyl sites for hydroxylation is 1. The maximum absolute atomic E-state index is 4.85. The van der Waals surface area contributed by atoms with Crippen LogP contribution in [0.3, 0.4) is 0 Å². The first-order valence-electron chi connectivity index (χ1n) is 16.2. The Bertz CT molecular complexity index is 1730. The van der Waals surface area contributed by atoms with Crippen LogP contribution in [-0.4, -0.2) is 0 Å². The van der Waals surface area contributed by atoms with Gasteiger partial charge in [-0.25, -0.2) is 0 Å². The minimum Gasteiger partial charge on any atom is -0.0995 e. The summed E-state index contributed by atoms with van der Waals surface area (Å²) in [5, 5.41) is 2.74. The number of fused-ring (bicyclic) bond motifs is 2. The summed E-state index contributed by atoms with van der Waals surface area (Å²) in [5.74, 6) is 1.53. The van der Waals surface area contributed by atoms with Crippen molar-refractivity contribution in [3.05, 3.63) is 155 Å². The van der Waals surface area contributed by atoms with Crippen LogP contribution in [0.1, 0.15) is 81.5 Å². The third kappa shape index (κ3) is 5.38. The van der Waals surface area contributed by atoms with E-state index in [1.54, 1.807) is 5.57 Å². The van der Waals surface area contributed by atoms with Gasteiger partial charge in [-0.15, -0.1) is 0 Å². The Morgan fingerprint density at radius 3 is 2.42 bits per heavy atom. The standard InChI is InChI=1S/C43H46/c1-8-12-28(5)40-29(6)23-38-26-37(25-31-15-16-36(24-31)34-20-18-33(19-21-34)27(3)4)30(7)41(38)43(40)42-32(9-2)17-22-35-13-10-11-14-39(35)42/h10-11,13-23,25,29,40-41,43H,3,5,7-9,12,24,26H2,1-2,4,6H3/b37-25-.